The van der Waals surface area contributed by atoms with Gasteiger partial charge >= 0.3 is 6.09 Å². The Kier molecular flexibility index (Phi) is 5.52. The summed E-state index contributed by atoms with van der Waals surface area (Å²) in [6.07, 6.45) is -0.700. The molecule has 0 spiro atoms. The van der Waals surface area contributed by atoms with Crippen LogP contribution in [-0.4, -0.2) is 26.0 Å². The molecule has 2 aromatic rings. The van der Waals surface area contributed by atoms with Crippen LogP contribution in [0.5, 0.6) is 0 Å². The fraction of sp³-hybridized carbons (Fsp3) is 0.316. The summed E-state index contributed by atoms with van der Waals surface area (Å²) in [5.41, 5.74) is 0.705. The van der Waals surface area contributed by atoms with Crippen molar-refractivity contribution >= 4 is 21.6 Å². The number of anilines is 1. The van der Waals surface area contributed by atoms with Gasteiger partial charge < -0.3 is 4.74 Å². The standard InChI is InChI=1S/C19H23NO4S/c1-15-10-12-17(13-11-15)25(22,23)14-20(16-8-6-5-7-9-16)18(21)24-19(2,3)4/h5-13H,14H2,1-4H3. The Hall–Kier alpha value is -2.34. The molecule has 0 aliphatic carbocycles. The molecule has 0 aliphatic heterocycles. The predicted octanol–water partition coefficient (Wildman–Crippen LogP) is 4.17. The third kappa shape index (κ3) is 5.32. The minimum absolute atomic E-state index is 0.169. The van der Waals surface area contributed by atoms with Gasteiger partial charge in [-0.2, -0.15) is 0 Å². The van der Waals surface area contributed by atoms with Crippen LogP contribution in [0.3, 0.4) is 0 Å². The van der Waals surface area contributed by atoms with Gasteiger partial charge in [0, 0.05) is 5.69 Å². The van der Waals surface area contributed by atoms with Crippen molar-refractivity contribution in [3.05, 3.63) is 60.2 Å². The highest BCUT2D eigenvalue weighted by molar-refractivity contribution is 7.91. The number of para-hydroxylation sites is 1. The molecule has 0 heterocycles. The SMILES string of the molecule is Cc1ccc(S(=O)(=O)CN(C(=O)OC(C)(C)C)c2ccccc2)cc1. The molecular formula is C19H23NO4S. The van der Waals surface area contributed by atoms with Gasteiger partial charge in [0.25, 0.3) is 0 Å². The largest absolute Gasteiger partial charge is 0.443 e. The molecule has 0 saturated carbocycles. The molecule has 0 aromatic heterocycles. The van der Waals surface area contributed by atoms with E-state index < -0.39 is 27.4 Å². The Morgan fingerprint density at radius 2 is 1.56 bits per heavy atom. The van der Waals surface area contributed by atoms with Crippen LogP contribution in [0.2, 0.25) is 0 Å². The van der Waals surface area contributed by atoms with E-state index in [0.717, 1.165) is 10.5 Å². The second-order valence-corrected chi connectivity index (χ2v) is 8.76. The first-order chi connectivity index (χ1) is 11.6. The normalized spacial score (nSPS) is 11.8. The zero-order chi connectivity index (χ0) is 18.7. The highest BCUT2D eigenvalue weighted by Gasteiger charge is 2.28. The van der Waals surface area contributed by atoms with Crippen molar-refractivity contribution in [1.82, 2.24) is 0 Å². The number of sulfone groups is 1. The number of ether oxygens (including phenoxy) is 1. The maximum Gasteiger partial charge on any atom is 0.415 e. The monoisotopic (exact) mass is 361 g/mol. The molecule has 0 atom stereocenters. The molecule has 0 N–H and O–H groups in total. The average Bonchev–Trinajstić information content (AvgIpc) is 2.52. The van der Waals surface area contributed by atoms with Crippen LogP contribution in [0.25, 0.3) is 0 Å². The number of carbonyl (C=O) groups excluding carboxylic acids is 1. The first-order valence-electron chi connectivity index (χ1n) is 7.93. The lowest BCUT2D eigenvalue weighted by Gasteiger charge is -2.27. The van der Waals surface area contributed by atoms with Crippen LogP contribution in [0.1, 0.15) is 26.3 Å². The van der Waals surface area contributed by atoms with Gasteiger partial charge in [-0.3, -0.25) is 4.90 Å². The van der Waals surface area contributed by atoms with Crippen LogP contribution in [0.4, 0.5) is 10.5 Å². The van der Waals surface area contributed by atoms with E-state index in [4.69, 9.17) is 4.74 Å². The molecule has 2 rings (SSSR count). The fourth-order valence-corrected chi connectivity index (χ4v) is 3.44. The number of nitrogens with zero attached hydrogens (tertiary/aromatic N) is 1. The third-order valence-electron chi connectivity index (χ3n) is 3.36. The number of aryl methyl sites for hydroxylation is 1. The molecule has 25 heavy (non-hydrogen) atoms. The van der Waals surface area contributed by atoms with Gasteiger partial charge in [0.1, 0.15) is 11.5 Å². The molecule has 0 bridgehead atoms. The first-order valence-corrected chi connectivity index (χ1v) is 9.59. The summed E-state index contributed by atoms with van der Waals surface area (Å²) in [7, 11) is -3.70. The lowest BCUT2D eigenvalue weighted by atomic mass is 10.2. The molecule has 0 fully saturated rings. The zero-order valence-electron chi connectivity index (χ0n) is 14.9. The van der Waals surface area contributed by atoms with E-state index in [1.807, 2.05) is 6.92 Å². The van der Waals surface area contributed by atoms with Crippen molar-refractivity contribution in [1.29, 1.82) is 0 Å². The van der Waals surface area contributed by atoms with Crippen molar-refractivity contribution in [3.8, 4) is 0 Å². The number of benzene rings is 2. The number of carbonyl (C=O) groups is 1. The Morgan fingerprint density at radius 1 is 1.00 bits per heavy atom. The van der Waals surface area contributed by atoms with Crippen molar-refractivity contribution in [3.63, 3.8) is 0 Å². The van der Waals surface area contributed by atoms with Gasteiger partial charge in [0.05, 0.1) is 4.90 Å². The zero-order valence-corrected chi connectivity index (χ0v) is 15.7. The predicted molar refractivity (Wildman–Crippen MR) is 98.4 cm³/mol. The molecule has 1 amide bonds. The highest BCUT2D eigenvalue weighted by atomic mass is 32.2. The van der Waals surface area contributed by atoms with Gasteiger partial charge in [-0.1, -0.05) is 35.9 Å². The summed E-state index contributed by atoms with van der Waals surface area (Å²) in [6, 6.07) is 15.2. The van der Waals surface area contributed by atoms with Gasteiger partial charge in [-0.05, 0) is 52.0 Å². The Morgan fingerprint density at radius 3 is 2.08 bits per heavy atom. The maximum absolute atomic E-state index is 12.7. The maximum atomic E-state index is 12.7. The number of rotatable bonds is 4. The van der Waals surface area contributed by atoms with E-state index >= 15 is 0 Å². The van der Waals surface area contributed by atoms with Crippen LogP contribution in [-0.2, 0) is 14.6 Å². The Balaban J connectivity index is 2.36. The molecule has 2 aromatic carbocycles. The summed E-state index contributed by atoms with van der Waals surface area (Å²) >= 11 is 0. The van der Waals surface area contributed by atoms with E-state index in [1.54, 1.807) is 75.4 Å². The van der Waals surface area contributed by atoms with E-state index in [-0.39, 0.29) is 4.90 Å². The molecule has 0 radical (unpaired) electrons. The summed E-state index contributed by atoms with van der Waals surface area (Å²) in [5.74, 6) is -0.491. The first kappa shape index (κ1) is 19.0. The molecule has 5 nitrogen and oxygen atoms in total. The minimum Gasteiger partial charge on any atom is -0.443 e. The Bertz CT molecular complexity index is 822. The molecule has 0 unspecified atom stereocenters. The molecule has 0 aliphatic rings. The van der Waals surface area contributed by atoms with Crippen molar-refractivity contribution < 1.29 is 17.9 Å². The van der Waals surface area contributed by atoms with Gasteiger partial charge in [0.15, 0.2) is 9.84 Å². The lowest BCUT2D eigenvalue weighted by Crippen LogP contribution is -2.40. The van der Waals surface area contributed by atoms with E-state index in [2.05, 4.69) is 0 Å². The van der Waals surface area contributed by atoms with Gasteiger partial charge in [0.2, 0.25) is 0 Å². The summed E-state index contributed by atoms with van der Waals surface area (Å²) in [5, 5.41) is 0. The second-order valence-electron chi connectivity index (χ2n) is 6.80. The average molecular weight is 361 g/mol. The van der Waals surface area contributed by atoms with Crippen molar-refractivity contribution in [2.24, 2.45) is 0 Å². The van der Waals surface area contributed by atoms with Crippen LogP contribution < -0.4 is 4.90 Å². The molecule has 0 saturated heterocycles. The topological polar surface area (TPSA) is 63.7 Å². The smallest absolute Gasteiger partial charge is 0.415 e. The van der Waals surface area contributed by atoms with Gasteiger partial charge in [-0.25, -0.2) is 13.2 Å². The number of hydrogen-bond donors (Lipinski definition) is 0. The van der Waals surface area contributed by atoms with Crippen LogP contribution in [0, 0.1) is 6.92 Å². The Labute approximate surface area is 149 Å². The van der Waals surface area contributed by atoms with Crippen molar-refractivity contribution in [2.75, 3.05) is 10.8 Å². The quantitative estimate of drug-likeness (QED) is 0.820. The highest BCUT2D eigenvalue weighted by Crippen LogP contribution is 2.21. The van der Waals surface area contributed by atoms with Crippen LogP contribution >= 0.6 is 0 Å². The number of amides is 1. The van der Waals surface area contributed by atoms with E-state index in [0.29, 0.717) is 5.69 Å². The minimum atomic E-state index is -3.70. The summed E-state index contributed by atoms with van der Waals surface area (Å²) in [6.45, 7) is 7.10. The number of hydrogen-bond acceptors (Lipinski definition) is 4. The summed E-state index contributed by atoms with van der Waals surface area (Å²) < 4.78 is 30.9. The van der Waals surface area contributed by atoms with Gasteiger partial charge in [-0.15, -0.1) is 0 Å². The summed E-state index contributed by atoms with van der Waals surface area (Å²) in [4.78, 5) is 13.9. The van der Waals surface area contributed by atoms with E-state index in [9.17, 15) is 13.2 Å². The molecular weight excluding hydrogens is 338 g/mol. The third-order valence-corrected chi connectivity index (χ3v) is 4.95. The van der Waals surface area contributed by atoms with Crippen molar-refractivity contribution in [2.45, 2.75) is 38.2 Å². The lowest BCUT2D eigenvalue weighted by molar-refractivity contribution is 0.0586. The fourth-order valence-electron chi connectivity index (χ4n) is 2.15. The molecule has 134 valence electrons. The van der Waals surface area contributed by atoms with E-state index in [1.165, 1.54) is 0 Å². The molecule has 6 heteroatoms. The van der Waals surface area contributed by atoms with Crippen LogP contribution in [0.15, 0.2) is 59.5 Å². The second kappa shape index (κ2) is 7.27.